The summed E-state index contributed by atoms with van der Waals surface area (Å²) in [6.07, 6.45) is 6.74. The third-order valence-electron chi connectivity index (χ3n) is 4.32. The molecule has 0 saturated carbocycles. The monoisotopic (exact) mass is 409 g/mol. The van der Waals surface area contributed by atoms with E-state index in [-0.39, 0.29) is 11.6 Å². The van der Waals surface area contributed by atoms with E-state index in [0.29, 0.717) is 0 Å². The van der Waals surface area contributed by atoms with Gasteiger partial charge in [-0.3, -0.25) is 4.40 Å². The SMILES string of the molecule is CC1(NC(=O)OC(C)(C)C)CCN(c2ncc(Br)c3nccn23)CC1. The maximum absolute atomic E-state index is 12.1. The number of alkyl carbamates (subject to hydrolysis) is 1. The molecule has 1 N–H and O–H groups in total. The lowest BCUT2D eigenvalue weighted by atomic mass is 9.90. The lowest BCUT2D eigenvalue weighted by Crippen LogP contribution is -2.54. The van der Waals surface area contributed by atoms with Crippen molar-refractivity contribution in [1.29, 1.82) is 0 Å². The summed E-state index contributed by atoms with van der Waals surface area (Å²) in [4.78, 5) is 23.2. The molecule has 1 aliphatic heterocycles. The van der Waals surface area contributed by atoms with Crippen molar-refractivity contribution < 1.29 is 9.53 Å². The molecule has 25 heavy (non-hydrogen) atoms. The summed E-state index contributed by atoms with van der Waals surface area (Å²) in [5.74, 6) is 0.870. The first-order valence-corrected chi connectivity index (χ1v) is 9.20. The minimum atomic E-state index is -0.491. The third-order valence-corrected chi connectivity index (χ3v) is 4.88. The lowest BCUT2D eigenvalue weighted by Gasteiger charge is -2.40. The van der Waals surface area contributed by atoms with Crippen LogP contribution >= 0.6 is 15.9 Å². The molecule has 0 aliphatic carbocycles. The molecule has 8 heteroatoms. The summed E-state index contributed by atoms with van der Waals surface area (Å²) in [7, 11) is 0. The Balaban J connectivity index is 1.68. The van der Waals surface area contributed by atoms with E-state index >= 15 is 0 Å². The summed E-state index contributed by atoms with van der Waals surface area (Å²) in [6, 6.07) is 0. The highest BCUT2D eigenvalue weighted by Crippen LogP contribution is 2.27. The van der Waals surface area contributed by atoms with E-state index in [0.717, 1.165) is 42.0 Å². The molecular formula is C17H24BrN5O2. The zero-order valence-corrected chi connectivity index (χ0v) is 16.6. The lowest BCUT2D eigenvalue weighted by molar-refractivity contribution is 0.0448. The molecule has 1 fully saturated rings. The molecule has 1 saturated heterocycles. The number of anilines is 1. The van der Waals surface area contributed by atoms with Crippen LogP contribution in [0.4, 0.5) is 10.7 Å². The second kappa shape index (κ2) is 6.48. The van der Waals surface area contributed by atoms with Crippen LogP contribution in [0, 0.1) is 0 Å². The molecule has 2 aromatic rings. The summed E-state index contributed by atoms with van der Waals surface area (Å²) < 4.78 is 8.23. The summed E-state index contributed by atoms with van der Waals surface area (Å²) >= 11 is 3.48. The predicted molar refractivity (Wildman–Crippen MR) is 99.9 cm³/mol. The molecule has 0 spiro atoms. The van der Waals surface area contributed by atoms with Gasteiger partial charge in [-0.2, -0.15) is 0 Å². The number of imidazole rings is 1. The van der Waals surface area contributed by atoms with Crippen molar-refractivity contribution in [3.63, 3.8) is 0 Å². The van der Waals surface area contributed by atoms with E-state index in [4.69, 9.17) is 4.74 Å². The minimum Gasteiger partial charge on any atom is -0.444 e. The van der Waals surface area contributed by atoms with Crippen molar-refractivity contribution in [3.05, 3.63) is 23.1 Å². The topological polar surface area (TPSA) is 71.8 Å². The van der Waals surface area contributed by atoms with Gasteiger partial charge < -0.3 is 15.0 Å². The number of halogens is 1. The Morgan fingerprint density at radius 2 is 2.00 bits per heavy atom. The van der Waals surface area contributed by atoms with E-state index in [1.54, 1.807) is 12.4 Å². The summed E-state index contributed by atoms with van der Waals surface area (Å²) in [5, 5.41) is 3.03. The molecular weight excluding hydrogens is 386 g/mol. The molecule has 1 amide bonds. The van der Waals surface area contributed by atoms with Gasteiger partial charge in [-0.1, -0.05) is 0 Å². The van der Waals surface area contributed by atoms with Crippen molar-refractivity contribution in [2.75, 3.05) is 18.0 Å². The van der Waals surface area contributed by atoms with Crippen molar-refractivity contribution in [2.45, 2.75) is 51.7 Å². The van der Waals surface area contributed by atoms with E-state index in [2.05, 4.69) is 43.0 Å². The standard InChI is InChI=1S/C17H24BrN5O2/c1-16(2,3)25-15(24)21-17(4)5-8-22(9-6-17)14-20-11-12(18)13-19-7-10-23(13)14/h7,10-11H,5-6,8-9H2,1-4H3,(H,21,24). The fraction of sp³-hybridized carbons (Fsp3) is 0.588. The number of carbonyl (C=O) groups excluding carboxylic acids is 1. The number of carbonyl (C=O) groups is 1. The van der Waals surface area contributed by atoms with Crippen LogP contribution < -0.4 is 10.2 Å². The molecule has 136 valence electrons. The zero-order valence-electron chi connectivity index (χ0n) is 15.0. The van der Waals surface area contributed by atoms with Gasteiger partial charge >= 0.3 is 6.09 Å². The molecule has 1 aliphatic rings. The smallest absolute Gasteiger partial charge is 0.408 e. The second-order valence-corrected chi connectivity index (χ2v) is 8.56. The van der Waals surface area contributed by atoms with E-state index in [9.17, 15) is 4.79 Å². The highest BCUT2D eigenvalue weighted by molar-refractivity contribution is 9.10. The van der Waals surface area contributed by atoms with Gasteiger partial charge in [0, 0.05) is 37.2 Å². The number of rotatable bonds is 2. The zero-order chi connectivity index (χ0) is 18.2. The van der Waals surface area contributed by atoms with Crippen LogP contribution in [0.3, 0.4) is 0 Å². The molecule has 0 unspecified atom stereocenters. The number of fused-ring (bicyclic) bond motifs is 1. The minimum absolute atomic E-state index is 0.276. The molecule has 0 bridgehead atoms. The first-order valence-electron chi connectivity index (χ1n) is 8.41. The molecule has 3 rings (SSSR count). The van der Waals surface area contributed by atoms with Crippen LogP contribution in [-0.4, -0.2) is 44.7 Å². The van der Waals surface area contributed by atoms with E-state index in [1.807, 2.05) is 31.4 Å². The quantitative estimate of drug-likeness (QED) is 0.822. The molecule has 3 heterocycles. The molecule has 2 aromatic heterocycles. The largest absolute Gasteiger partial charge is 0.444 e. The Morgan fingerprint density at radius 1 is 1.32 bits per heavy atom. The first-order chi connectivity index (χ1) is 11.7. The van der Waals surface area contributed by atoms with Gasteiger partial charge in [-0.05, 0) is 56.5 Å². The van der Waals surface area contributed by atoms with Gasteiger partial charge in [0.1, 0.15) is 5.60 Å². The third kappa shape index (κ3) is 4.05. The highest BCUT2D eigenvalue weighted by atomic mass is 79.9. The van der Waals surface area contributed by atoms with Gasteiger partial charge in [0.25, 0.3) is 0 Å². The van der Waals surface area contributed by atoms with Crippen LogP contribution in [0.25, 0.3) is 5.65 Å². The fourth-order valence-corrected chi connectivity index (χ4v) is 3.38. The van der Waals surface area contributed by atoms with Crippen molar-refractivity contribution >= 4 is 33.6 Å². The Bertz CT molecular complexity index is 775. The number of nitrogens with one attached hydrogen (secondary N) is 1. The molecule has 0 aromatic carbocycles. The van der Waals surface area contributed by atoms with Gasteiger partial charge in [0.2, 0.25) is 5.95 Å². The van der Waals surface area contributed by atoms with Crippen LogP contribution in [-0.2, 0) is 4.74 Å². The van der Waals surface area contributed by atoms with E-state index in [1.165, 1.54) is 0 Å². The number of hydrogen-bond acceptors (Lipinski definition) is 5. The number of hydrogen-bond donors (Lipinski definition) is 1. The normalized spacial score (nSPS) is 17.6. The number of nitrogens with zero attached hydrogens (tertiary/aromatic N) is 4. The van der Waals surface area contributed by atoms with Crippen LogP contribution in [0.1, 0.15) is 40.5 Å². The maximum Gasteiger partial charge on any atom is 0.408 e. The van der Waals surface area contributed by atoms with Crippen LogP contribution in [0.15, 0.2) is 23.1 Å². The summed E-state index contributed by atoms with van der Waals surface area (Å²) in [6.45, 7) is 9.27. The van der Waals surface area contributed by atoms with E-state index < -0.39 is 5.60 Å². The Labute approximate surface area is 155 Å². The number of ether oxygens (including phenoxy) is 1. The average molecular weight is 410 g/mol. The molecule has 0 atom stereocenters. The van der Waals surface area contributed by atoms with Crippen LogP contribution in [0.5, 0.6) is 0 Å². The number of aromatic nitrogens is 3. The van der Waals surface area contributed by atoms with Crippen molar-refractivity contribution in [3.8, 4) is 0 Å². The average Bonchev–Trinajstić information content (AvgIpc) is 2.97. The highest BCUT2D eigenvalue weighted by Gasteiger charge is 2.34. The fourth-order valence-electron chi connectivity index (χ4n) is 2.99. The van der Waals surface area contributed by atoms with Gasteiger partial charge in [-0.25, -0.2) is 14.8 Å². The van der Waals surface area contributed by atoms with Crippen molar-refractivity contribution in [2.24, 2.45) is 0 Å². The maximum atomic E-state index is 12.1. The Kier molecular flexibility index (Phi) is 4.66. The van der Waals surface area contributed by atoms with Crippen molar-refractivity contribution in [1.82, 2.24) is 19.7 Å². The van der Waals surface area contributed by atoms with Gasteiger partial charge in [0.15, 0.2) is 5.65 Å². The Morgan fingerprint density at radius 3 is 2.64 bits per heavy atom. The van der Waals surface area contributed by atoms with Gasteiger partial charge in [-0.15, -0.1) is 0 Å². The number of piperidine rings is 1. The molecule has 0 radical (unpaired) electrons. The number of amides is 1. The summed E-state index contributed by atoms with van der Waals surface area (Å²) in [5.41, 5.74) is 0.0860. The second-order valence-electron chi connectivity index (χ2n) is 7.70. The predicted octanol–water partition coefficient (Wildman–Crippen LogP) is 3.38. The Hall–Kier alpha value is -1.83. The van der Waals surface area contributed by atoms with Gasteiger partial charge in [0.05, 0.1) is 4.47 Å². The van der Waals surface area contributed by atoms with Crippen LogP contribution in [0.2, 0.25) is 0 Å². The molecule has 7 nitrogen and oxygen atoms in total. The first kappa shape index (κ1) is 18.0.